The lowest BCUT2D eigenvalue weighted by Crippen LogP contribution is -2.14. The fraction of sp³-hybridized carbons (Fsp3) is 0.160. The molecule has 0 aliphatic heterocycles. The number of alkyl halides is 1. The summed E-state index contributed by atoms with van der Waals surface area (Å²) in [5.74, 6) is 0.569. The number of hydrogen-bond acceptors (Lipinski definition) is 5. The quantitative estimate of drug-likeness (QED) is 0.413. The summed E-state index contributed by atoms with van der Waals surface area (Å²) in [5.41, 5.74) is 4.43. The average Bonchev–Trinajstić information content (AvgIpc) is 3.54. The summed E-state index contributed by atoms with van der Waals surface area (Å²) in [4.78, 5) is 13.2. The largest absolute Gasteiger partial charge is 0.287 e. The van der Waals surface area contributed by atoms with Gasteiger partial charge in [-0.25, -0.2) is 27.9 Å². The van der Waals surface area contributed by atoms with Gasteiger partial charge in [0, 0.05) is 40.5 Å². The summed E-state index contributed by atoms with van der Waals surface area (Å²) >= 11 is 0. The molecule has 1 saturated carbocycles. The normalized spacial score (nSPS) is 15.1. The van der Waals surface area contributed by atoms with E-state index < -0.39 is 16.7 Å². The predicted octanol–water partition coefficient (Wildman–Crippen LogP) is 4.14. The van der Waals surface area contributed by atoms with Crippen LogP contribution in [0.5, 0.6) is 0 Å². The van der Waals surface area contributed by atoms with Gasteiger partial charge in [0.1, 0.15) is 6.67 Å². The smallest absolute Gasteiger partial charge is 0.238 e. The number of sulfonamides is 1. The Morgan fingerprint density at radius 2 is 1.82 bits per heavy atom. The van der Waals surface area contributed by atoms with E-state index in [9.17, 15) is 12.8 Å². The Bertz CT molecular complexity index is 1690. The van der Waals surface area contributed by atoms with Crippen LogP contribution in [0.15, 0.2) is 78.2 Å². The Hall–Kier alpha value is -3.69. The van der Waals surface area contributed by atoms with Crippen LogP contribution in [0.2, 0.25) is 0 Å². The molecule has 0 amide bonds. The van der Waals surface area contributed by atoms with E-state index in [1.54, 1.807) is 18.5 Å². The number of imidazole rings is 1. The minimum atomic E-state index is -4.01. The number of nitrogens with zero attached hydrogens (tertiary/aromatic N) is 4. The third-order valence-corrected chi connectivity index (χ3v) is 7.62. The molecule has 34 heavy (non-hydrogen) atoms. The fourth-order valence-electron chi connectivity index (χ4n) is 4.71. The van der Waals surface area contributed by atoms with Crippen LogP contribution in [0.1, 0.15) is 29.7 Å². The van der Waals surface area contributed by atoms with Gasteiger partial charge >= 0.3 is 0 Å². The van der Waals surface area contributed by atoms with E-state index in [0.29, 0.717) is 11.3 Å². The van der Waals surface area contributed by atoms with Crippen molar-refractivity contribution in [2.45, 2.75) is 29.8 Å². The van der Waals surface area contributed by atoms with Crippen molar-refractivity contribution >= 4 is 26.7 Å². The summed E-state index contributed by atoms with van der Waals surface area (Å²) < 4.78 is 39.1. The van der Waals surface area contributed by atoms with Crippen LogP contribution in [-0.4, -0.2) is 27.8 Å². The van der Waals surface area contributed by atoms with Gasteiger partial charge in [-0.1, -0.05) is 18.2 Å². The Balaban J connectivity index is 1.46. The van der Waals surface area contributed by atoms with Crippen LogP contribution in [0.25, 0.3) is 27.8 Å². The Morgan fingerprint density at radius 1 is 1.00 bits per heavy atom. The molecule has 1 fully saturated rings. The number of benzene rings is 2. The molecule has 0 atom stereocenters. The molecule has 0 unspecified atom stereocenters. The number of rotatable bonds is 5. The first kappa shape index (κ1) is 20.9. The zero-order valence-electron chi connectivity index (χ0n) is 18.0. The third kappa shape index (κ3) is 3.27. The molecule has 6 rings (SSSR count). The van der Waals surface area contributed by atoms with Crippen molar-refractivity contribution < 1.29 is 12.8 Å². The molecular formula is C25H20FN5O2S. The Kier molecular flexibility index (Phi) is 4.55. The summed E-state index contributed by atoms with van der Waals surface area (Å²) in [5, 5.41) is 6.31. The molecule has 0 bridgehead atoms. The molecule has 2 N–H and O–H groups in total. The molecule has 3 aromatic heterocycles. The lowest BCUT2D eigenvalue weighted by molar-refractivity contribution is 0.478. The zero-order valence-corrected chi connectivity index (χ0v) is 18.8. The molecule has 0 spiro atoms. The fourth-order valence-corrected chi connectivity index (χ4v) is 5.45. The van der Waals surface area contributed by atoms with Gasteiger partial charge in [0.05, 0.1) is 22.3 Å². The van der Waals surface area contributed by atoms with E-state index in [4.69, 9.17) is 5.14 Å². The number of aromatic nitrogens is 4. The van der Waals surface area contributed by atoms with Crippen molar-refractivity contribution in [1.82, 2.24) is 19.4 Å². The van der Waals surface area contributed by atoms with Crippen molar-refractivity contribution in [2.24, 2.45) is 5.14 Å². The van der Waals surface area contributed by atoms with Crippen molar-refractivity contribution in [1.29, 1.82) is 0 Å². The molecule has 7 nitrogen and oxygen atoms in total. The van der Waals surface area contributed by atoms with Crippen LogP contribution in [-0.2, 0) is 22.1 Å². The number of pyridine rings is 1. The number of nitrogens with two attached hydrogens (primary N) is 1. The van der Waals surface area contributed by atoms with E-state index in [1.165, 1.54) is 17.7 Å². The molecule has 0 radical (unpaired) electrons. The van der Waals surface area contributed by atoms with Gasteiger partial charge in [-0.3, -0.25) is 9.38 Å². The summed E-state index contributed by atoms with van der Waals surface area (Å²) in [7, 11) is -4.01. The highest BCUT2D eigenvalue weighted by atomic mass is 32.2. The van der Waals surface area contributed by atoms with Gasteiger partial charge < -0.3 is 0 Å². The molecule has 170 valence electrons. The van der Waals surface area contributed by atoms with E-state index >= 15 is 0 Å². The predicted molar refractivity (Wildman–Crippen MR) is 126 cm³/mol. The zero-order chi connectivity index (χ0) is 23.5. The lowest BCUT2D eigenvalue weighted by atomic mass is 9.91. The van der Waals surface area contributed by atoms with E-state index in [2.05, 4.69) is 33.2 Å². The molecule has 2 aromatic carbocycles. The molecule has 1 aliphatic carbocycles. The van der Waals surface area contributed by atoms with Crippen molar-refractivity contribution in [3.05, 3.63) is 90.1 Å². The van der Waals surface area contributed by atoms with E-state index in [-0.39, 0.29) is 15.9 Å². The molecular weight excluding hydrogens is 453 g/mol. The van der Waals surface area contributed by atoms with Crippen LogP contribution in [0.4, 0.5) is 4.39 Å². The van der Waals surface area contributed by atoms with Crippen LogP contribution < -0.4 is 5.14 Å². The van der Waals surface area contributed by atoms with Gasteiger partial charge in [0.25, 0.3) is 0 Å². The number of primary sulfonamides is 1. The summed E-state index contributed by atoms with van der Waals surface area (Å²) in [6.07, 6.45) is 9.21. The second-order valence-corrected chi connectivity index (χ2v) is 10.2. The second-order valence-electron chi connectivity index (χ2n) is 8.65. The lowest BCUT2D eigenvalue weighted by Gasteiger charge is -2.17. The molecule has 5 aromatic rings. The SMILES string of the molecule is NS(=O)(=O)c1ccc(-c2cnc3ncc(C4(c5ccc6ncccc6c5)CC4)n3c2)cc1CF. The van der Waals surface area contributed by atoms with Crippen LogP contribution in [0, 0.1) is 0 Å². The highest BCUT2D eigenvalue weighted by Gasteiger charge is 2.48. The third-order valence-electron chi connectivity index (χ3n) is 6.60. The van der Waals surface area contributed by atoms with Crippen LogP contribution in [0.3, 0.4) is 0 Å². The molecule has 9 heteroatoms. The van der Waals surface area contributed by atoms with Crippen LogP contribution >= 0.6 is 0 Å². The average molecular weight is 474 g/mol. The Morgan fingerprint density at radius 3 is 2.59 bits per heavy atom. The standard InChI is InChI=1S/C25H20FN5O2S/c26-12-18-10-16(3-6-22(18)34(27,32)33)19-13-29-24-30-14-23(31(24)15-19)25(7-8-25)20-4-5-21-17(11-20)2-1-9-28-21/h1-6,9-11,13-15H,7-8,12H2,(H2,27,32,33). The van der Waals surface area contributed by atoms with Gasteiger partial charge in [-0.05, 0) is 54.3 Å². The summed E-state index contributed by atoms with van der Waals surface area (Å²) in [6.45, 7) is -0.939. The highest BCUT2D eigenvalue weighted by molar-refractivity contribution is 7.89. The Labute approximate surface area is 195 Å². The first-order chi connectivity index (χ1) is 16.4. The van der Waals surface area contributed by atoms with Gasteiger partial charge in [0.2, 0.25) is 15.8 Å². The molecule has 3 heterocycles. The second kappa shape index (κ2) is 7.41. The maximum absolute atomic E-state index is 13.6. The number of halogens is 1. The first-order valence-electron chi connectivity index (χ1n) is 10.8. The molecule has 0 saturated heterocycles. The topological polar surface area (TPSA) is 103 Å². The first-order valence-corrected chi connectivity index (χ1v) is 12.3. The number of hydrogen-bond donors (Lipinski definition) is 1. The van der Waals surface area contributed by atoms with Crippen molar-refractivity contribution in [3.63, 3.8) is 0 Å². The van der Waals surface area contributed by atoms with Gasteiger partial charge in [-0.2, -0.15) is 0 Å². The minimum Gasteiger partial charge on any atom is -0.287 e. The number of fused-ring (bicyclic) bond motifs is 2. The maximum Gasteiger partial charge on any atom is 0.238 e. The highest BCUT2D eigenvalue weighted by Crippen LogP contribution is 2.53. The molecule has 1 aliphatic rings. The van der Waals surface area contributed by atoms with E-state index in [0.717, 1.165) is 35.0 Å². The van der Waals surface area contributed by atoms with Crippen molar-refractivity contribution in [3.8, 4) is 11.1 Å². The van der Waals surface area contributed by atoms with Gasteiger partial charge in [-0.15, -0.1) is 0 Å². The summed E-state index contributed by atoms with van der Waals surface area (Å²) in [6, 6.07) is 14.8. The monoisotopic (exact) mass is 473 g/mol. The van der Waals surface area contributed by atoms with Crippen molar-refractivity contribution in [2.75, 3.05) is 0 Å². The maximum atomic E-state index is 13.6. The van der Waals surface area contributed by atoms with Gasteiger partial charge in [0.15, 0.2) is 0 Å². The van der Waals surface area contributed by atoms with E-state index in [1.807, 2.05) is 28.9 Å². The minimum absolute atomic E-state index is 0.0226.